The maximum Gasteiger partial charge on any atom is 0.516 e. The third-order valence-electron chi connectivity index (χ3n) is 21.5. The average molecular weight is 1680 g/mol. The van der Waals surface area contributed by atoms with E-state index in [9.17, 15) is 0 Å². The Morgan fingerprint density at radius 2 is 0.790 bits per heavy atom. The van der Waals surface area contributed by atoms with Gasteiger partial charge in [0, 0.05) is 195 Å². The Bertz CT molecular complexity index is 5590. The van der Waals surface area contributed by atoms with Gasteiger partial charge in [0.25, 0.3) is 0 Å². The highest BCUT2D eigenvalue weighted by atomic mass is 79.9. The topological polar surface area (TPSA) is 402 Å². The van der Waals surface area contributed by atoms with Crippen LogP contribution >= 0.6 is 15.9 Å². The van der Waals surface area contributed by atoms with Crippen molar-refractivity contribution in [3.8, 4) is 56.3 Å². The fraction of sp³-hybridized carbons (Fsp3) is 0.462. The molecule has 0 amide bonds. The molecular formula is C78H98BBrN36O3. The van der Waals surface area contributed by atoms with Crippen molar-refractivity contribution in [2.45, 2.75) is 151 Å². The quantitative estimate of drug-likeness (QED) is 0.0663. The molecule has 0 saturated carbocycles. The van der Waals surface area contributed by atoms with Gasteiger partial charge in [-0.15, -0.1) is 15.3 Å². The molecule has 0 spiro atoms. The van der Waals surface area contributed by atoms with Gasteiger partial charge in [0.05, 0.1) is 100 Å². The number of anilines is 3. The summed E-state index contributed by atoms with van der Waals surface area (Å²) in [4.78, 5) is 61.8. The van der Waals surface area contributed by atoms with Crippen LogP contribution in [0.5, 0.6) is 0 Å². The van der Waals surface area contributed by atoms with Crippen LogP contribution < -0.4 is 20.3 Å². The Labute approximate surface area is 695 Å². The van der Waals surface area contributed by atoms with Crippen molar-refractivity contribution in [3.63, 3.8) is 0 Å². The van der Waals surface area contributed by atoms with Crippen LogP contribution in [0.15, 0.2) is 134 Å². The molecule has 19 rings (SSSR count). The minimum atomic E-state index is -0.349. The van der Waals surface area contributed by atoms with Gasteiger partial charge < -0.3 is 29.1 Å². The number of piperidine rings is 3. The number of fused-ring (bicyclic) bond motifs is 3. The normalized spacial score (nSPS) is 17.1. The number of hydrogen-bond donors (Lipinski definition) is 1. The van der Waals surface area contributed by atoms with E-state index < -0.39 is 0 Å². The monoisotopic (exact) mass is 1680 g/mol. The van der Waals surface area contributed by atoms with E-state index in [2.05, 4.69) is 179 Å². The first-order chi connectivity index (χ1) is 57.3. The molecule has 19 heterocycles. The fourth-order valence-electron chi connectivity index (χ4n) is 14.8. The lowest BCUT2D eigenvalue weighted by molar-refractivity contribution is 0.00578. The van der Waals surface area contributed by atoms with Gasteiger partial charge in [0.2, 0.25) is 34.8 Å². The number of aliphatic hydroxyl groups excluding tert-OH is 1. The van der Waals surface area contributed by atoms with Crippen LogP contribution in [0.4, 0.5) is 17.8 Å². The van der Waals surface area contributed by atoms with Crippen LogP contribution in [0.25, 0.3) is 90.2 Å². The number of nitrogens with zero attached hydrogens (tertiary/aromatic N) is 36. The zero-order chi connectivity index (χ0) is 81.4. The van der Waals surface area contributed by atoms with Gasteiger partial charge in [-0.2, -0.15) is 30.6 Å². The number of rotatable bonds is 21. The Hall–Kier alpha value is -12.2. The van der Waals surface area contributed by atoms with Crippen LogP contribution in [-0.2, 0) is 69.7 Å². The first-order valence-corrected chi connectivity index (χ1v) is 40.7. The Morgan fingerprint density at radius 1 is 0.437 bits per heavy atom. The van der Waals surface area contributed by atoms with Crippen molar-refractivity contribution in [1.82, 2.24) is 163 Å². The summed E-state index contributed by atoms with van der Waals surface area (Å²) in [5.74, 6) is 3.36. The van der Waals surface area contributed by atoms with Crippen LogP contribution in [0.3, 0.4) is 0 Å². The van der Waals surface area contributed by atoms with E-state index in [4.69, 9.17) is 29.4 Å². The number of aliphatic hydroxyl groups is 1. The van der Waals surface area contributed by atoms with E-state index in [1.54, 1.807) is 80.7 Å². The van der Waals surface area contributed by atoms with Crippen molar-refractivity contribution in [3.05, 3.63) is 134 Å². The first-order valence-electron chi connectivity index (χ1n) is 39.9. The zero-order valence-corrected chi connectivity index (χ0v) is 69.1. The number of hydrogen-bond acceptors (Lipinski definition) is 30. The first kappa shape index (κ1) is 81.9. The van der Waals surface area contributed by atoms with Crippen molar-refractivity contribution >= 4 is 80.4 Å². The van der Waals surface area contributed by atoms with Crippen LogP contribution in [0.2, 0.25) is 0 Å². The smallest absolute Gasteiger partial charge is 0.398 e. The van der Waals surface area contributed by atoms with E-state index in [0.717, 1.165) is 189 Å². The predicted octanol–water partition coefficient (Wildman–Crippen LogP) is 8.11. The van der Waals surface area contributed by atoms with E-state index in [0.29, 0.717) is 77.2 Å². The molecule has 4 aliphatic heterocycles. The number of halogens is 1. The molecule has 3 unspecified atom stereocenters. The van der Waals surface area contributed by atoms with Gasteiger partial charge in [-0.05, 0) is 131 Å². The van der Waals surface area contributed by atoms with Crippen LogP contribution in [0, 0.1) is 17.8 Å². The highest BCUT2D eigenvalue weighted by molar-refractivity contribution is 9.10. The van der Waals surface area contributed by atoms with Crippen LogP contribution in [-0.4, -0.2) is 233 Å². The molecule has 0 bridgehead atoms. The van der Waals surface area contributed by atoms with E-state index in [-0.39, 0.29) is 32.4 Å². The minimum Gasteiger partial charge on any atom is -0.398 e. The Morgan fingerprint density at radius 3 is 1.14 bits per heavy atom. The predicted molar refractivity (Wildman–Crippen MR) is 449 cm³/mol. The lowest BCUT2D eigenvalue weighted by Gasteiger charge is -2.32. The highest BCUT2D eigenvalue weighted by Crippen LogP contribution is 2.37. The second-order valence-corrected chi connectivity index (χ2v) is 32.0. The molecule has 3 atom stereocenters. The Balaban J connectivity index is 0.000000127. The zero-order valence-electron chi connectivity index (χ0n) is 67.5. The third kappa shape index (κ3) is 19.2. The summed E-state index contributed by atoms with van der Waals surface area (Å²) in [6, 6.07) is 5.88. The van der Waals surface area contributed by atoms with Crippen molar-refractivity contribution in [1.29, 1.82) is 0 Å². The van der Waals surface area contributed by atoms with Crippen LogP contribution in [0.1, 0.15) is 100 Å². The van der Waals surface area contributed by atoms with Gasteiger partial charge in [-0.3, -0.25) is 28.1 Å². The molecule has 0 aliphatic carbocycles. The molecule has 0 aromatic carbocycles. The largest absolute Gasteiger partial charge is 0.516 e. The van der Waals surface area contributed by atoms with E-state index >= 15 is 0 Å². The third-order valence-corrected chi connectivity index (χ3v) is 21.9. The summed E-state index contributed by atoms with van der Waals surface area (Å²) in [5.41, 5.74) is 12.5. The molecule has 4 fully saturated rings. The lowest BCUT2D eigenvalue weighted by atomic mass is 9.85. The molecule has 41 heteroatoms. The molecule has 15 aromatic heterocycles. The van der Waals surface area contributed by atoms with Gasteiger partial charge in [0.15, 0.2) is 16.9 Å². The van der Waals surface area contributed by atoms with Gasteiger partial charge >= 0.3 is 7.12 Å². The fourth-order valence-corrected chi connectivity index (χ4v) is 15.0. The molecule has 4 aliphatic rings. The molecule has 4 saturated heterocycles. The Kier molecular flexibility index (Phi) is 25.0. The van der Waals surface area contributed by atoms with E-state index in [1.807, 2.05) is 112 Å². The second-order valence-electron chi connectivity index (χ2n) is 31.1. The summed E-state index contributed by atoms with van der Waals surface area (Å²) in [7, 11) is 5.29. The maximum absolute atomic E-state index is 9.09. The summed E-state index contributed by atoms with van der Waals surface area (Å²) in [6.45, 7) is 22.3. The van der Waals surface area contributed by atoms with Gasteiger partial charge in [-0.25, -0.2) is 73.9 Å². The average Bonchev–Trinajstić information content (AvgIpc) is 1.61. The number of aryl methyl sites for hydroxylation is 5. The number of aromatic nitrogens is 33. The summed E-state index contributed by atoms with van der Waals surface area (Å²) in [6.07, 6.45) is 41.6. The highest BCUT2D eigenvalue weighted by Gasteiger charge is 2.52. The summed E-state index contributed by atoms with van der Waals surface area (Å²) < 4.78 is 29.2. The standard InChI is InChI=1S/C24H28N12.C23H26N12O.C18H19BrN10.C12H21BN2O2.CH4/c1-3-7-35-9-6-20(31-35)18-10-26-24(27-11-18)34-8-4-5-17(14-34)15-36-23-22(30-32-36)25-13-21(29-23)19-12-28-33(2)16-19;1-32-15-18(11-27-32)20-12-24-21-22(28-20)35(31-29-21)14-16-3-2-5-33(13-16)23-25-9-17(10-26-23)19-4-6-34(30-19)7-8-36;1-27-11-13(5-23-27)15-8-20-16-17(24-15)29(26-25-16)10-12-3-2-4-28(9-12)18-21-6-14(19)7-22-18;1-6-8-15-9-7-10(14-15)13-16-11(2,3)12(4,5)17-13;/h6,9-13,16-17H,3-5,7-8,14-15H2,1-2H3;4,6,9-12,15-16,36H,2-3,5,7-8,13-14H2,1H3;5-8,11-12H,2-4,9-10H2,1H3;7,9H,6,8H2,1-5H3;1H4. The SMILES string of the molecule is C.CCCn1ccc(-c2cnc(N3CCCC(Cn4nnc5ncc(-c6cnn(C)c6)nc54)C3)nc2)n1.CCCn1ccc(B2OC(C)(C)C(C)(C)O2)n1.Cn1cc(-c2cnc3nnn(CC4CCCN(c5ncc(-c6ccn(CCO)n6)cn5)C4)c3n2)cn1.Cn1cc(-c2cnc3nnn(CC4CCCN(c5ncc(Br)cn5)C4)c3n2)cn1. The minimum absolute atomic E-state index is 0. The summed E-state index contributed by atoms with van der Waals surface area (Å²) in [5, 5.41) is 60.9. The molecule has 1 N–H and O–H groups in total. The second kappa shape index (κ2) is 36.3. The molecule has 39 nitrogen and oxygen atoms in total. The summed E-state index contributed by atoms with van der Waals surface area (Å²) >= 11 is 3.39. The molecule has 119 heavy (non-hydrogen) atoms. The van der Waals surface area contributed by atoms with Gasteiger partial charge in [-0.1, -0.05) is 36.9 Å². The molecule has 15 aromatic rings. The van der Waals surface area contributed by atoms with Crippen molar-refractivity contribution in [2.24, 2.45) is 38.9 Å². The van der Waals surface area contributed by atoms with Gasteiger partial charge in [0.1, 0.15) is 0 Å². The maximum atomic E-state index is 9.09. The van der Waals surface area contributed by atoms with Crippen molar-refractivity contribution in [2.75, 3.05) is 60.6 Å². The molecular weight excluding hydrogens is 1580 g/mol. The lowest BCUT2D eigenvalue weighted by Crippen LogP contribution is -2.41. The van der Waals surface area contributed by atoms with Crippen molar-refractivity contribution < 1.29 is 14.4 Å². The molecule has 618 valence electrons. The van der Waals surface area contributed by atoms with E-state index in [1.165, 1.54) is 0 Å². The molecule has 0 radical (unpaired) electrons.